The highest BCUT2D eigenvalue weighted by Crippen LogP contribution is 2.37. The first-order chi connectivity index (χ1) is 21.4. The van der Waals surface area contributed by atoms with Gasteiger partial charge in [-0.05, 0) is 95.1 Å². The molecule has 0 spiro atoms. The maximum atomic E-state index is 12.9. The zero-order valence-corrected chi connectivity index (χ0v) is 27.2. The summed E-state index contributed by atoms with van der Waals surface area (Å²) >= 11 is 1.22. The largest absolute Gasteiger partial charge is 0.493 e. The number of ether oxygens (including phenoxy) is 2. The van der Waals surface area contributed by atoms with Crippen LogP contribution in [0.3, 0.4) is 0 Å². The number of likely N-dealkylation sites (tertiary alicyclic amines) is 1. The molecular weight excluding hydrogens is 576 g/mol. The lowest BCUT2D eigenvalue weighted by Crippen LogP contribution is -2.37. The van der Waals surface area contributed by atoms with Gasteiger partial charge in [0, 0.05) is 42.1 Å². The van der Waals surface area contributed by atoms with Crippen LogP contribution in [-0.2, 0) is 0 Å². The average Bonchev–Trinajstić information content (AvgIpc) is 3.49. The van der Waals surface area contributed by atoms with E-state index in [4.69, 9.17) is 9.47 Å². The van der Waals surface area contributed by atoms with Gasteiger partial charge in [-0.25, -0.2) is 9.78 Å². The van der Waals surface area contributed by atoms with Crippen molar-refractivity contribution < 1.29 is 19.1 Å². The summed E-state index contributed by atoms with van der Waals surface area (Å²) in [5, 5.41) is 9.57. The molecule has 1 aromatic heterocycles. The molecule has 0 unspecified atom stereocenters. The molecule has 44 heavy (non-hydrogen) atoms. The molecule has 3 amide bonds. The van der Waals surface area contributed by atoms with Gasteiger partial charge in [-0.3, -0.25) is 10.1 Å². The van der Waals surface area contributed by atoms with Gasteiger partial charge in [0.25, 0.3) is 5.91 Å². The van der Waals surface area contributed by atoms with Crippen molar-refractivity contribution in [3.05, 3.63) is 54.2 Å². The Morgan fingerprint density at radius 1 is 1.00 bits per heavy atom. The first kappa shape index (κ1) is 33.1. The summed E-state index contributed by atoms with van der Waals surface area (Å²) < 4.78 is 11.5. The fraction of sp³-hybridized carbons (Fsp3) is 0.485. The Kier molecular flexibility index (Phi) is 12.7. The maximum absolute atomic E-state index is 12.9. The summed E-state index contributed by atoms with van der Waals surface area (Å²) in [5.74, 6) is 0.689. The number of urea groups is 1. The Hall–Kier alpha value is -3.83. The minimum absolute atomic E-state index is 0.121. The molecule has 3 aromatic rings. The number of amides is 3. The van der Waals surface area contributed by atoms with Crippen molar-refractivity contribution in [1.82, 2.24) is 15.2 Å². The Labute approximate surface area is 265 Å². The van der Waals surface area contributed by atoms with E-state index in [0.29, 0.717) is 32.9 Å². The van der Waals surface area contributed by atoms with Gasteiger partial charge in [-0.2, -0.15) is 0 Å². The maximum Gasteiger partial charge on any atom is 0.319 e. The number of methoxy groups -OCH3 is 1. The summed E-state index contributed by atoms with van der Waals surface area (Å²) in [4.78, 5) is 34.5. The highest BCUT2D eigenvalue weighted by atomic mass is 32.1. The number of rotatable bonds is 15. The van der Waals surface area contributed by atoms with E-state index in [9.17, 15) is 9.59 Å². The molecule has 1 fully saturated rings. The van der Waals surface area contributed by atoms with Crippen molar-refractivity contribution in [3.63, 3.8) is 0 Å². The van der Waals surface area contributed by atoms with Gasteiger partial charge >= 0.3 is 6.03 Å². The lowest BCUT2D eigenvalue weighted by atomic mass is 10.1. The smallest absolute Gasteiger partial charge is 0.319 e. The average molecular weight is 623 g/mol. The Morgan fingerprint density at radius 2 is 1.75 bits per heavy atom. The van der Waals surface area contributed by atoms with Gasteiger partial charge in [-0.15, -0.1) is 0 Å². The molecule has 238 valence electrons. The minimum atomic E-state index is -0.266. The highest BCUT2D eigenvalue weighted by Gasteiger charge is 2.15. The lowest BCUT2D eigenvalue weighted by Gasteiger charge is -2.28. The first-order valence-electron chi connectivity index (χ1n) is 15.7. The van der Waals surface area contributed by atoms with Crippen LogP contribution < -0.4 is 30.3 Å². The Balaban J connectivity index is 1.29. The van der Waals surface area contributed by atoms with E-state index < -0.39 is 0 Å². The van der Waals surface area contributed by atoms with Crippen LogP contribution in [-0.4, -0.2) is 67.7 Å². The molecule has 11 heteroatoms. The summed E-state index contributed by atoms with van der Waals surface area (Å²) in [6, 6.07) is 12.7. The Bertz CT molecular complexity index is 1340. The quantitative estimate of drug-likeness (QED) is 0.164. The standard InChI is InChI=1S/C33H46N6O4S/c1-5-25(6-2)35-32(41)36-26-14-17-28(29(22-26)42-4)43-30-23-34-33(44-30)37-31(40)24-12-15-27(16-13-24)39(7-3)21-11-20-38-18-9-8-10-19-38/h12-17,22-23,25H,5-11,18-21H2,1-4H3,(H,34,37,40)(H2,35,36,41). The van der Waals surface area contributed by atoms with Crippen molar-refractivity contribution in [2.75, 3.05) is 55.4 Å². The zero-order valence-electron chi connectivity index (χ0n) is 26.4. The monoisotopic (exact) mass is 622 g/mol. The number of anilines is 3. The van der Waals surface area contributed by atoms with Crippen LogP contribution in [0.1, 0.15) is 69.7 Å². The van der Waals surface area contributed by atoms with Gasteiger partial charge in [0.15, 0.2) is 16.6 Å². The summed E-state index contributed by atoms with van der Waals surface area (Å²) in [6.07, 6.45) is 8.41. The number of aromatic nitrogens is 1. The fourth-order valence-electron chi connectivity index (χ4n) is 5.28. The number of hydrogen-bond acceptors (Lipinski definition) is 8. The third-order valence-corrected chi connectivity index (χ3v) is 8.68. The number of carbonyl (C=O) groups excluding carboxylic acids is 2. The van der Waals surface area contributed by atoms with Crippen molar-refractivity contribution in [2.45, 2.75) is 65.3 Å². The van der Waals surface area contributed by atoms with Crippen LogP contribution in [0.2, 0.25) is 0 Å². The molecule has 1 aliphatic rings. The molecular formula is C33H46N6O4S. The number of piperidine rings is 1. The molecule has 0 bridgehead atoms. The van der Waals surface area contributed by atoms with Crippen LogP contribution in [0.25, 0.3) is 0 Å². The number of nitrogens with zero attached hydrogens (tertiary/aromatic N) is 3. The van der Waals surface area contributed by atoms with Crippen molar-refractivity contribution >= 4 is 39.8 Å². The fourth-order valence-corrected chi connectivity index (χ4v) is 5.96. The number of hydrogen-bond donors (Lipinski definition) is 3. The topological polar surface area (TPSA) is 108 Å². The third kappa shape index (κ3) is 9.59. The van der Waals surface area contributed by atoms with E-state index in [1.165, 1.54) is 50.8 Å². The van der Waals surface area contributed by atoms with Gasteiger partial charge in [0.05, 0.1) is 13.3 Å². The molecule has 10 nitrogen and oxygen atoms in total. The number of benzene rings is 2. The SMILES string of the molecule is CCC(CC)NC(=O)Nc1ccc(Oc2cnc(NC(=O)c3ccc(N(CC)CCCN4CCCCC4)cc3)s2)c(OC)c1. The van der Waals surface area contributed by atoms with Gasteiger partial charge in [0.2, 0.25) is 5.06 Å². The van der Waals surface area contributed by atoms with E-state index >= 15 is 0 Å². The molecule has 0 saturated carbocycles. The number of carbonyl (C=O) groups is 2. The van der Waals surface area contributed by atoms with Crippen LogP contribution in [0.5, 0.6) is 16.6 Å². The minimum Gasteiger partial charge on any atom is -0.493 e. The van der Waals surface area contributed by atoms with Crippen LogP contribution in [0.15, 0.2) is 48.7 Å². The molecule has 2 heterocycles. The lowest BCUT2D eigenvalue weighted by molar-refractivity contribution is 0.102. The molecule has 4 rings (SSSR count). The van der Waals surface area contributed by atoms with E-state index in [0.717, 1.165) is 44.6 Å². The van der Waals surface area contributed by atoms with Crippen LogP contribution >= 0.6 is 11.3 Å². The first-order valence-corrected chi connectivity index (χ1v) is 16.5. The zero-order chi connectivity index (χ0) is 31.3. The second-order valence-electron chi connectivity index (χ2n) is 10.9. The van der Waals surface area contributed by atoms with Gasteiger partial charge in [0.1, 0.15) is 0 Å². The van der Waals surface area contributed by atoms with E-state index in [-0.39, 0.29) is 18.0 Å². The van der Waals surface area contributed by atoms with Crippen LogP contribution in [0.4, 0.5) is 21.3 Å². The summed E-state index contributed by atoms with van der Waals surface area (Å²) in [6.45, 7) is 11.8. The number of nitrogens with one attached hydrogen (secondary N) is 3. The predicted molar refractivity (Wildman–Crippen MR) is 179 cm³/mol. The van der Waals surface area contributed by atoms with E-state index in [1.807, 2.05) is 38.1 Å². The normalized spacial score (nSPS) is 13.4. The highest BCUT2D eigenvalue weighted by molar-refractivity contribution is 7.17. The van der Waals surface area contributed by atoms with Crippen molar-refractivity contribution in [3.8, 4) is 16.6 Å². The molecule has 0 radical (unpaired) electrons. The number of thiazole rings is 1. The second-order valence-corrected chi connectivity index (χ2v) is 11.9. The Morgan fingerprint density at radius 3 is 2.43 bits per heavy atom. The molecule has 3 N–H and O–H groups in total. The van der Waals surface area contributed by atoms with Crippen LogP contribution in [0, 0.1) is 0 Å². The van der Waals surface area contributed by atoms with Crippen molar-refractivity contribution in [2.24, 2.45) is 0 Å². The summed E-state index contributed by atoms with van der Waals surface area (Å²) in [7, 11) is 1.54. The third-order valence-electron chi connectivity index (χ3n) is 7.89. The van der Waals surface area contributed by atoms with Crippen molar-refractivity contribution in [1.29, 1.82) is 0 Å². The molecule has 1 saturated heterocycles. The van der Waals surface area contributed by atoms with Gasteiger partial charge in [-0.1, -0.05) is 31.6 Å². The van der Waals surface area contributed by atoms with E-state index in [2.05, 4.69) is 37.7 Å². The van der Waals surface area contributed by atoms with Gasteiger partial charge < -0.3 is 29.9 Å². The predicted octanol–water partition coefficient (Wildman–Crippen LogP) is 7.21. The summed E-state index contributed by atoms with van der Waals surface area (Å²) in [5.41, 5.74) is 2.27. The second kappa shape index (κ2) is 16.9. The molecule has 0 atom stereocenters. The molecule has 0 aliphatic carbocycles. The van der Waals surface area contributed by atoms with E-state index in [1.54, 1.807) is 24.4 Å². The molecule has 2 aromatic carbocycles. The molecule has 1 aliphatic heterocycles.